The zero-order valence-electron chi connectivity index (χ0n) is 11.1. The van der Waals surface area contributed by atoms with Crippen LogP contribution >= 0.6 is 0 Å². The van der Waals surface area contributed by atoms with E-state index in [1.807, 2.05) is 18.2 Å². The molecule has 0 unspecified atom stereocenters. The first-order valence-corrected chi connectivity index (χ1v) is 5.78. The molecule has 0 aliphatic rings. The number of H-pyrrole nitrogens is 1. The minimum absolute atomic E-state index is 0.457. The van der Waals surface area contributed by atoms with Gasteiger partial charge in [-0.15, -0.1) is 0 Å². The highest BCUT2D eigenvalue weighted by Crippen LogP contribution is 2.33. The lowest BCUT2D eigenvalue weighted by molar-refractivity contribution is 0.1000. The Kier molecular flexibility index (Phi) is 3.46. The third kappa shape index (κ3) is 2.40. The Morgan fingerprint density at radius 2 is 1.95 bits per heavy atom. The van der Waals surface area contributed by atoms with Gasteiger partial charge >= 0.3 is 0 Å². The molecule has 0 atom stereocenters. The minimum Gasteiger partial charge on any atom is -0.497 e. The van der Waals surface area contributed by atoms with Crippen LogP contribution in [0.1, 0.15) is 16.1 Å². The number of carbonyl (C=O) groups excluding carboxylic acids is 1. The van der Waals surface area contributed by atoms with Crippen LogP contribution in [0.4, 0.5) is 0 Å². The molecule has 0 fully saturated rings. The van der Waals surface area contributed by atoms with E-state index >= 15 is 0 Å². The van der Waals surface area contributed by atoms with E-state index in [0.717, 1.165) is 17.0 Å². The van der Waals surface area contributed by atoms with E-state index in [0.29, 0.717) is 17.1 Å². The van der Waals surface area contributed by atoms with Crippen molar-refractivity contribution in [3.63, 3.8) is 0 Å². The number of carbonyl (C=O) groups is 1. The zero-order chi connectivity index (χ0) is 14.0. The van der Waals surface area contributed by atoms with Gasteiger partial charge < -0.3 is 20.2 Å². The Bertz CT molecular complexity index is 617. The summed E-state index contributed by atoms with van der Waals surface area (Å²) in [7, 11) is 3.19. The van der Waals surface area contributed by atoms with Gasteiger partial charge in [0.2, 0.25) is 0 Å². The van der Waals surface area contributed by atoms with Crippen LogP contribution in [-0.4, -0.2) is 25.1 Å². The Morgan fingerprint density at radius 3 is 2.47 bits per heavy atom. The molecule has 0 aliphatic carbocycles. The molecule has 5 heteroatoms. The average Bonchev–Trinajstić information content (AvgIpc) is 2.80. The standard InChI is InChI=1S/C14H16N2O3/c1-8-10(14(15)17)7-12(16-8)11-6-9(18-2)4-5-13(11)19-3/h4-7,16H,1-3H3,(H2,15,17). The van der Waals surface area contributed by atoms with Crippen molar-refractivity contribution in [2.24, 2.45) is 5.73 Å². The summed E-state index contributed by atoms with van der Waals surface area (Å²) in [5.41, 5.74) is 8.10. The highest BCUT2D eigenvalue weighted by atomic mass is 16.5. The molecular weight excluding hydrogens is 244 g/mol. The van der Waals surface area contributed by atoms with Crippen LogP contribution in [0.15, 0.2) is 24.3 Å². The number of hydrogen-bond acceptors (Lipinski definition) is 3. The Hall–Kier alpha value is -2.43. The van der Waals surface area contributed by atoms with Crippen LogP contribution in [0.5, 0.6) is 11.5 Å². The summed E-state index contributed by atoms with van der Waals surface area (Å²) >= 11 is 0. The summed E-state index contributed by atoms with van der Waals surface area (Å²) in [6.45, 7) is 1.80. The number of aryl methyl sites for hydroxylation is 1. The maximum atomic E-state index is 11.3. The number of aromatic nitrogens is 1. The number of benzene rings is 1. The Labute approximate surface area is 111 Å². The fraction of sp³-hybridized carbons (Fsp3) is 0.214. The van der Waals surface area contributed by atoms with Crippen molar-refractivity contribution in [1.29, 1.82) is 0 Å². The van der Waals surface area contributed by atoms with Gasteiger partial charge in [0.15, 0.2) is 0 Å². The largest absolute Gasteiger partial charge is 0.497 e. The molecule has 5 nitrogen and oxygen atoms in total. The fourth-order valence-electron chi connectivity index (χ4n) is 1.98. The Balaban J connectivity index is 2.57. The van der Waals surface area contributed by atoms with E-state index in [1.165, 1.54) is 0 Å². The third-order valence-corrected chi connectivity index (χ3v) is 2.98. The van der Waals surface area contributed by atoms with Crippen molar-refractivity contribution < 1.29 is 14.3 Å². The predicted molar refractivity (Wildman–Crippen MR) is 72.6 cm³/mol. The lowest BCUT2D eigenvalue weighted by Gasteiger charge is -2.09. The molecular formula is C14H16N2O3. The molecule has 19 heavy (non-hydrogen) atoms. The topological polar surface area (TPSA) is 77.3 Å². The zero-order valence-corrected chi connectivity index (χ0v) is 11.1. The van der Waals surface area contributed by atoms with Crippen LogP contribution in [0.25, 0.3) is 11.3 Å². The smallest absolute Gasteiger partial charge is 0.250 e. The summed E-state index contributed by atoms with van der Waals surface area (Å²) in [4.78, 5) is 14.4. The number of aromatic amines is 1. The number of hydrogen-bond donors (Lipinski definition) is 2. The van der Waals surface area contributed by atoms with E-state index in [-0.39, 0.29) is 0 Å². The van der Waals surface area contributed by atoms with E-state index in [9.17, 15) is 4.79 Å². The molecule has 0 radical (unpaired) electrons. The maximum absolute atomic E-state index is 11.3. The minimum atomic E-state index is -0.457. The molecule has 1 heterocycles. The molecule has 100 valence electrons. The molecule has 2 rings (SSSR count). The summed E-state index contributed by atoms with van der Waals surface area (Å²) in [5, 5.41) is 0. The number of ether oxygens (including phenoxy) is 2. The van der Waals surface area contributed by atoms with Crippen molar-refractivity contribution >= 4 is 5.91 Å². The predicted octanol–water partition coefficient (Wildman–Crippen LogP) is 2.11. The fourth-order valence-corrected chi connectivity index (χ4v) is 1.98. The summed E-state index contributed by atoms with van der Waals surface area (Å²) in [6.07, 6.45) is 0. The summed E-state index contributed by atoms with van der Waals surface area (Å²) < 4.78 is 10.5. The first kappa shape index (κ1) is 13.0. The Morgan fingerprint density at radius 1 is 1.21 bits per heavy atom. The number of methoxy groups -OCH3 is 2. The van der Waals surface area contributed by atoms with E-state index < -0.39 is 5.91 Å². The molecule has 1 aromatic carbocycles. The number of amides is 1. The molecule has 0 spiro atoms. The van der Waals surface area contributed by atoms with Gasteiger partial charge in [0.05, 0.1) is 25.5 Å². The van der Waals surface area contributed by atoms with Crippen molar-refractivity contribution in [3.8, 4) is 22.8 Å². The molecule has 1 amide bonds. The molecule has 3 N–H and O–H groups in total. The second-order valence-corrected chi connectivity index (χ2v) is 4.15. The van der Waals surface area contributed by atoms with Crippen molar-refractivity contribution in [2.75, 3.05) is 14.2 Å². The summed E-state index contributed by atoms with van der Waals surface area (Å²) in [6, 6.07) is 7.19. The second-order valence-electron chi connectivity index (χ2n) is 4.15. The van der Waals surface area contributed by atoms with Crippen molar-refractivity contribution in [2.45, 2.75) is 6.92 Å². The van der Waals surface area contributed by atoms with Crippen molar-refractivity contribution in [3.05, 3.63) is 35.5 Å². The van der Waals surface area contributed by atoms with E-state index in [1.54, 1.807) is 27.2 Å². The first-order chi connectivity index (χ1) is 9.06. The van der Waals surface area contributed by atoms with Gasteiger partial charge in [0.1, 0.15) is 11.5 Å². The van der Waals surface area contributed by atoms with Crippen LogP contribution in [-0.2, 0) is 0 Å². The highest BCUT2D eigenvalue weighted by molar-refractivity contribution is 5.95. The number of nitrogens with one attached hydrogen (secondary N) is 1. The SMILES string of the molecule is COc1ccc(OC)c(-c2cc(C(N)=O)c(C)[nH]2)c1. The average molecular weight is 260 g/mol. The highest BCUT2D eigenvalue weighted by Gasteiger charge is 2.14. The normalized spacial score (nSPS) is 10.3. The van der Waals surface area contributed by atoms with Gasteiger partial charge in [0.25, 0.3) is 5.91 Å². The second kappa shape index (κ2) is 5.06. The first-order valence-electron chi connectivity index (χ1n) is 5.78. The van der Waals surface area contributed by atoms with Gasteiger partial charge in [-0.05, 0) is 31.2 Å². The lowest BCUT2D eigenvalue weighted by Crippen LogP contribution is -2.10. The third-order valence-electron chi connectivity index (χ3n) is 2.98. The monoisotopic (exact) mass is 260 g/mol. The van der Waals surface area contributed by atoms with Crippen molar-refractivity contribution in [1.82, 2.24) is 4.98 Å². The number of nitrogens with two attached hydrogens (primary N) is 1. The van der Waals surface area contributed by atoms with Gasteiger partial charge in [-0.25, -0.2) is 0 Å². The molecule has 0 bridgehead atoms. The quantitative estimate of drug-likeness (QED) is 0.883. The van der Waals surface area contributed by atoms with Crippen LogP contribution < -0.4 is 15.2 Å². The van der Waals surface area contributed by atoms with Gasteiger partial charge in [-0.1, -0.05) is 0 Å². The molecule has 2 aromatic rings. The molecule has 0 aliphatic heterocycles. The van der Waals surface area contributed by atoms with Gasteiger partial charge in [0, 0.05) is 11.3 Å². The van der Waals surface area contributed by atoms with Crippen LogP contribution in [0.2, 0.25) is 0 Å². The van der Waals surface area contributed by atoms with E-state index in [2.05, 4.69) is 4.98 Å². The molecule has 0 saturated carbocycles. The number of primary amides is 1. The molecule has 1 aromatic heterocycles. The van der Waals surface area contributed by atoms with E-state index in [4.69, 9.17) is 15.2 Å². The number of rotatable bonds is 4. The van der Waals surface area contributed by atoms with Gasteiger partial charge in [-0.2, -0.15) is 0 Å². The van der Waals surface area contributed by atoms with Crippen LogP contribution in [0, 0.1) is 6.92 Å². The summed E-state index contributed by atoms with van der Waals surface area (Å²) in [5.74, 6) is 0.948. The lowest BCUT2D eigenvalue weighted by atomic mass is 10.1. The van der Waals surface area contributed by atoms with Gasteiger partial charge in [-0.3, -0.25) is 4.79 Å². The molecule has 0 saturated heterocycles. The van der Waals surface area contributed by atoms with Crippen LogP contribution in [0.3, 0.4) is 0 Å². The maximum Gasteiger partial charge on any atom is 0.250 e.